The SMILES string of the molecule is COC(=O)c1ccccc1C#CCN. The molecule has 3 nitrogen and oxygen atoms in total. The van der Waals surface area contributed by atoms with Gasteiger partial charge in [0.05, 0.1) is 19.2 Å². The first-order chi connectivity index (χ1) is 6.79. The van der Waals surface area contributed by atoms with Gasteiger partial charge in [-0.3, -0.25) is 0 Å². The van der Waals surface area contributed by atoms with Crippen molar-refractivity contribution in [3.63, 3.8) is 0 Å². The molecule has 0 aliphatic rings. The number of hydrogen-bond donors (Lipinski definition) is 1. The number of carbonyl (C=O) groups is 1. The molecule has 0 spiro atoms. The van der Waals surface area contributed by atoms with Crippen LogP contribution >= 0.6 is 0 Å². The Morgan fingerprint density at radius 2 is 2.21 bits per heavy atom. The molecule has 0 amide bonds. The van der Waals surface area contributed by atoms with Crippen molar-refractivity contribution in [2.45, 2.75) is 0 Å². The molecule has 0 aliphatic heterocycles. The molecule has 0 aromatic heterocycles. The zero-order chi connectivity index (χ0) is 10.4. The van der Waals surface area contributed by atoms with E-state index in [2.05, 4.69) is 16.6 Å². The molecule has 0 unspecified atom stereocenters. The van der Waals surface area contributed by atoms with E-state index >= 15 is 0 Å². The number of nitrogens with two attached hydrogens (primary N) is 1. The third-order valence-corrected chi connectivity index (χ3v) is 1.66. The van der Waals surface area contributed by atoms with Crippen LogP contribution in [-0.2, 0) is 4.74 Å². The first kappa shape index (κ1) is 10.3. The number of carbonyl (C=O) groups excluding carboxylic acids is 1. The fourth-order valence-corrected chi connectivity index (χ4v) is 1.03. The highest BCUT2D eigenvalue weighted by molar-refractivity contribution is 5.92. The van der Waals surface area contributed by atoms with Crippen LogP contribution < -0.4 is 5.73 Å². The normalized spacial score (nSPS) is 8.71. The van der Waals surface area contributed by atoms with E-state index in [1.54, 1.807) is 18.2 Å². The van der Waals surface area contributed by atoms with Gasteiger partial charge in [-0.15, -0.1) is 0 Å². The van der Waals surface area contributed by atoms with Crippen molar-refractivity contribution in [2.24, 2.45) is 5.73 Å². The van der Waals surface area contributed by atoms with Crippen LogP contribution in [0.3, 0.4) is 0 Å². The van der Waals surface area contributed by atoms with E-state index < -0.39 is 0 Å². The summed E-state index contributed by atoms with van der Waals surface area (Å²) >= 11 is 0. The van der Waals surface area contributed by atoms with E-state index in [0.717, 1.165) is 0 Å². The Balaban J connectivity index is 3.09. The Kier molecular flexibility index (Phi) is 3.71. The van der Waals surface area contributed by atoms with Crippen LogP contribution in [0.2, 0.25) is 0 Å². The Bertz CT molecular complexity index is 388. The van der Waals surface area contributed by atoms with Gasteiger partial charge in [0, 0.05) is 5.56 Å². The van der Waals surface area contributed by atoms with E-state index in [1.165, 1.54) is 7.11 Å². The van der Waals surface area contributed by atoms with E-state index in [1.807, 2.05) is 6.07 Å². The monoisotopic (exact) mass is 189 g/mol. The first-order valence-corrected chi connectivity index (χ1v) is 4.16. The van der Waals surface area contributed by atoms with Crippen molar-refractivity contribution >= 4 is 5.97 Å². The molecule has 0 bridgehead atoms. The zero-order valence-electron chi connectivity index (χ0n) is 7.91. The lowest BCUT2D eigenvalue weighted by molar-refractivity contribution is 0.0600. The smallest absolute Gasteiger partial charge is 0.339 e. The van der Waals surface area contributed by atoms with Crippen LogP contribution in [0.4, 0.5) is 0 Å². The summed E-state index contributed by atoms with van der Waals surface area (Å²) in [6.07, 6.45) is 0. The minimum atomic E-state index is -0.382. The van der Waals surface area contributed by atoms with Gasteiger partial charge < -0.3 is 10.5 Å². The summed E-state index contributed by atoms with van der Waals surface area (Å²) < 4.78 is 4.62. The van der Waals surface area contributed by atoms with Crippen molar-refractivity contribution in [3.8, 4) is 11.8 Å². The molecule has 0 radical (unpaired) electrons. The maximum absolute atomic E-state index is 11.3. The van der Waals surface area contributed by atoms with Crippen molar-refractivity contribution < 1.29 is 9.53 Å². The minimum Gasteiger partial charge on any atom is -0.465 e. The summed E-state index contributed by atoms with van der Waals surface area (Å²) in [5.74, 6) is 5.12. The van der Waals surface area contributed by atoms with Crippen LogP contribution in [0.1, 0.15) is 15.9 Å². The molecule has 0 heterocycles. The summed E-state index contributed by atoms with van der Waals surface area (Å²) in [4.78, 5) is 11.3. The fourth-order valence-electron chi connectivity index (χ4n) is 1.03. The van der Waals surface area contributed by atoms with Gasteiger partial charge >= 0.3 is 5.97 Å². The van der Waals surface area contributed by atoms with Gasteiger partial charge in [0.2, 0.25) is 0 Å². The Labute approximate surface area is 82.9 Å². The van der Waals surface area contributed by atoms with Crippen molar-refractivity contribution in [1.82, 2.24) is 0 Å². The maximum Gasteiger partial charge on any atom is 0.339 e. The topological polar surface area (TPSA) is 52.3 Å². The average Bonchev–Trinajstić information content (AvgIpc) is 2.25. The highest BCUT2D eigenvalue weighted by Crippen LogP contribution is 2.08. The standard InChI is InChI=1S/C11H11NO2/c1-14-11(13)10-7-3-2-5-9(10)6-4-8-12/h2-3,5,7H,8,12H2,1H3. The Morgan fingerprint density at radius 1 is 1.50 bits per heavy atom. The van der Waals surface area contributed by atoms with Gasteiger partial charge in [0.25, 0.3) is 0 Å². The number of esters is 1. The summed E-state index contributed by atoms with van der Waals surface area (Å²) in [6, 6.07) is 7.01. The zero-order valence-corrected chi connectivity index (χ0v) is 7.91. The molecular formula is C11H11NO2. The molecule has 0 saturated heterocycles. The number of ether oxygens (including phenoxy) is 1. The van der Waals surface area contributed by atoms with Crippen molar-refractivity contribution in [3.05, 3.63) is 35.4 Å². The van der Waals surface area contributed by atoms with E-state index in [4.69, 9.17) is 5.73 Å². The summed E-state index contributed by atoms with van der Waals surface area (Å²) in [5.41, 5.74) is 6.36. The van der Waals surface area contributed by atoms with Crippen molar-refractivity contribution in [1.29, 1.82) is 0 Å². The number of benzene rings is 1. The van der Waals surface area contributed by atoms with Crippen LogP contribution in [0.5, 0.6) is 0 Å². The predicted octanol–water partition coefficient (Wildman–Crippen LogP) is 0.783. The van der Waals surface area contributed by atoms with Crippen molar-refractivity contribution in [2.75, 3.05) is 13.7 Å². The fraction of sp³-hybridized carbons (Fsp3) is 0.182. The number of methoxy groups -OCH3 is 1. The molecule has 0 aliphatic carbocycles. The molecule has 0 atom stereocenters. The molecule has 1 aromatic rings. The molecule has 1 aromatic carbocycles. The summed E-state index contributed by atoms with van der Waals surface area (Å²) in [5, 5.41) is 0. The lowest BCUT2D eigenvalue weighted by Crippen LogP contribution is -2.03. The lowest BCUT2D eigenvalue weighted by atomic mass is 10.1. The Morgan fingerprint density at radius 3 is 2.86 bits per heavy atom. The van der Waals surface area contributed by atoms with E-state index in [0.29, 0.717) is 11.1 Å². The highest BCUT2D eigenvalue weighted by atomic mass is 16.5. The van der Waals surface area contributed by atoms with Crippen LogP contribution in [0, 0.1) is 11.8 Å². The summed E-state index contributed by atoms with van der Waals surface area (Å²) in [7, 11) is 1.34. The number of rotatable bonds is 1. The molecule has 1 rings (SSSR count). The van der Waals surface area contributed by atoms with Gasteiger partial charge in [0.1, 0.15) is 0 Å². The molecule has 0 saturated carbocycles. The average molecular weight is 189 g/mol. The molecular weight excluding hydrogens is 178 g/mol. The summed E-state index contributed by atoms with van der Waals surface area (Å²) in [6.45, 7) is 0.273. The largest absolute Gasteiger partial charge is 0.465 e. The molecule has 0 fully saturated rings. The second-order valence-corrected chi connectivity index (χ2v) is 2.54. The van der Waals surface area contributed by atoms with Crippen LogP contribution in [0.25, 0.3) is 0 Å². The third kappa shape index (κ3) is 2.35. The number of hydrogen-bond acceptors (Lipinski definition) is 3. The maximum atomic E-state index is 11.3. The molecule has 2 N–H and O–H groups in total. The quantitative estimate of drug-likeness (QED) is 0.524. The molecule has 14 heavy (non-hydrogen) atoms. The van der Waals surface area contributed by atoms with Crippen LogP contribution in [-0.4, -0.2) is 19.6 Å². The minimum absolute atomic E-state index is 0.273. The van der Waals surface area contributed by atoms with Gasteiger partial charge in [-0.05, 0) is 12.1 Å². The van der Waals surface area contributed by atoms with Gasteiger partial charge in [-0.1, -0.05) is 24.0 Å². The van der Waals surface area contributed by atoms with Gasteiger partial charge in [0.15, 0.2) is 0 Å². The molecule has 3 heteroatoms. The van der Waals surface area contributed by atoms with Gasteiger partial charge in [-0.25, -0.2) is 4.79 Å². The second-order valence-electron chi connectivity index (χ2n) is 2.54. The highest BCUT2D eigenvalue weighted by Gasteiger charge is 2.08. The Hall–Kier alpha value is -1.79. The van der Waals surface area contributed by atoms with E-state index in [-0.39, 0.29) is 12.5 Å². The third-order valence-electron chi connectivity index (χ3n) is 1.66. The first-order valence-electron chi connectivity index (χ1n) is 4.16. The lowest BCUT2D eigenvalue weighted by Gasteiger charge is -2.00. The molecule has 72 valence electrons. The van der Waals surface area contributed by atoms with Crippen LogP contribution in [0.15, 0.2) is 24.3 Å². The predicted molar refractivity (Wildman–Crippen MR) is 53.7 cm³/mol. The van der Waals surface area contributed by atoms with Gasteiger partial charge in [-0.2, -0.15) is 0 Å². The second kappa shape index (κ2) is 5.05. The van der Waals surface area contributed by atoms with E-state index in [9.17, 15) is 4.79 Å².